The minimum Gasteiger partial charge on any atom is -0.378 e. The zero-order chi connectivity index (χ0) is 17.6. The molecule has 0 radical (unpaired) electrons. The Balaban J connectivity index is 1.67. The summed E-state index contributed by atoms with van der Waals surface area (Å²) in [4.78, 5) is 30.0. The molecule has 25 heavy (non-hydrogen) atoms. The third-order valence-electron chi connectivity index (χ3n) is 3.77. The fourth-order valence-electron chi connectivity index (χ4n) is 2.55. The lowest BCUT2D eigenvalue weighted by Gasteiger charge is -2.27. The summed E-state index contributed by atoms with van der Waals surface area (Å²) in [6.45, 7) is 4.31. The van der Waals surface area contributed by atoms with Crippen molar-refractivity contribution in [2.24, 2.45) is 0 Å². The Hall–Kier alpha value is -2.93. The number of morpholine rings is 1. The van der Waals surface area contributed by atoms with E-state index in [4.69, 9.17) is 4.74 Å². The zero-order valence-electron chi connectivity index (χ0n) is 14.0. The van der Waals surface area contributed by atoms with E-state index < -0.39 is 0 Å². The molecule has 2 aromatic rings. The van der Waals surface area contributed by atoms with E-state index in [0.29, 0.717) is 30.3 Å². The molecule has 0 bridgehead atoms. The molecule has 0 aliphatic carbocycles. The van der Waals surface area contributed by atoms with Crippen molar-refractivity contribution in [2.75, 3.05) is 41.8 Å². The van der Waals surface area contributed by atoms with Gasteiger partial charge in [0.05, 0.1) is 13.2 Å². The first-order valence-corrected chi connectivity index (χ1v) is 8.10. The number of aromatic nitrogens is 1. The Morgan fingerprint density at radius 1 is 1.00 bits per heavy atom. The van der Waals surface area contributed by atoms with Crippen LogP contribution in [-0.2, 0) is 9.53 Å². The van der Waals surface area contributed by atoms with E-state index >= 15 is 0 Å². The molecule has 1 aromatic heterocycles. The number of nitrogens with zero attached hydrogens (tertiary/aromatic N) is 2. The molecule has 7 heteroatoms. The number of benzene rings is 1. The van der Waals surface area contributed by atoms with E-state index in [2.05, 4.69) is 20.5 Å². The summed E-state index contributed by atoms with van der Waals surface area (Å²) in [7, 11) is 0. The predicted molar refractivity (Wildman–Crippen MR) is 96.0 cm³/mol. The maximum absolute atomic E-state index is 12.4. The molecule has 2 amide bonds. The molecule has 2 heterocycles. The van der Waals surface area contributed by atoms with Crippen LogP contribution in [0, 0.1) is 0 Å². The topological polar surface area (TPSA) is 83.6 Å². The summed E-state index contributed by atoms with van der Waals surface area (Å²) >= 11 is 0. The largest absolute Gasteiger partial charge is 0.378 e. The normalized spacial score (nSPS) is 14.0. The number of nitrogens with one attached hydrogen (secondary N) is 2. The number of carbonyl (C=O) groups is 2. The summed E-state index contributed by atoms with van der Waals surface area (Å²) in [6, 6.07) is 12.3. The van der Waals surface area contributed by atoms with Crippen molar-refractivity contribution in [3.63, 3.8) is 0 Å². The molecule has 7 nitrogen and oxygen atoms in total. The number of pyridine rings is 1. The van der Waals surface area contributed by atoms with E-state index in [-0.39, 0.29) is 11.8 Å². The van der Waals surface area contributed by atoms with Crippen LogP contribution in [0.1, 0.15) is 17.4 Å². The smallest absolute Gasteiger partial charge is 0.274 e. The Kier molecular flexibility index (Phi) is 5.25. The van der Waals surface area contributed by atoms with Gasteiger partial charge in [0.1, 0.15) is 11.5 Å². The van der Waals surface area contributed by atoms with Crippen molar-refractivity contribution in [1.29, 1.82) is 0 Å². The van der Waals surface area contributed by atoms with Crippen LogP contribution >= 0.6 is 0 Å². The highest BCUT2D eigenvalue weighted by Gasteiger charge is 2.15. The fourth-order valence-corrected chi connectivity index (χ4v) is 2.55. The third kappa shape index (κ3) is 4.54. The van der Waals surface area contributed by atoms with Gasteiger partial charge in [0.25, 0.3) is 5.91 Å². The van der Waals surface area contributed by atoms with E-state index in [0.717, 1.165) is 18.9 Å². The summed E-state index contributed by atoms with van der Waals surface area (Å²) in [5, 5.41) is 5.49. The number of hydrogen-bond donors (Lipinski definition) is 2. The van der Waals surface area contributed by atoms with Gasteiger partial charge in [-0.2, -0.15) is 0 Å². The molecule has 1 fully saturated rings. The quantitative estimate of drug-likeness (QED) is 0.891. The van der Waals surface area contributed by atoms with Crippen LogP contribution in [0.3, 0.4) is 0 Å². The second-order valence-corrected chi connectivity index (χ2v) is 5.69. The second kappa shape index (κ2) is 7.76. The molecule has 0 spiro atoms. The lowest BCUT2D eigenvalue weighted by atomic mass is 10.2. The maximum atomic E-state index is 12.4. The Labute approximate surface area is 146 Å². The molecular formula is C18H20N4O3. The van der Waals surface area contributed by atoms with Gasteiger partial charge in [-0.1, -0.05) is 6.07 Å². The van der Waals surface area contributed by atoms with E-state index in [9.17, 15) is 9.59 Å². The number of ether oxygens (including phenoxy) is 1. The first-order valence-electron chi connectivity index (χ1n) is 8.10. The molecular weight excluding hydrogens is 320 g/mol. The molecule has 130 valence electrons. The minimum atomic E-state index is -0.276. The van der Waals surface area contributed by atoms with Crippen LogP contribution in [0.4, 0.5) is 17.2 Å². The van der Waals surface area contributed by atoms with Crippen molar-refractivity contribution in [2.45, 2.75) is 6.92 Å². The van der Waals surface area contributed by atoms with Gasteiger partial charge in [0.15, 0.2) is 0 Å². The molecule has 1 saturated heterocycles. The van der Waals surface area contributed by atoms with Gasteiger partial charge < -0.3 is 20.3 Å². The molecule has 1 aromatic carbocycles. The average molecular weight is 340 g/mol. The van der Waals surface area contributed by atoms with Gasteiger partial charge in [0, 0.05) is 31.4 Å². The highest BCUT2D eigenvalue weighted by Crippen LogP contribution is 2.16. The molecule has 3 rings (SSSR count). The number of anilines is 3. The highest BCUT2D eigenvalue weighted by molar-refractivity contribution is 6.03. The van der Waals surface area contributed by atoms with Crippen LogP contribution in [0.2, 0.25) is 0 Å². The number of rotatable bonds is 4. The molecule has 2 N–H and O–H groups in total. The van der Waals surface area contributed by atoms with Crippen molar-refractivity contribution in [1.82, 2.24) is 4.98 Å². The molecule has 0 atom stereocenters. The monoisotopic (exact) mass is 340 g/mol. The number of carbonyl (C=O) groups excluding carboxylic acids is 2. The first kappa shape index (κ1) is 16.9. The van der Waals surface area contributed by atoms with E-state index in [1.807, 2.05) is 12.1 Å². The van der Waals surface area contributed by atoms with Crippen LogP contribution < -0.4 is 15.5 Å². The van der Waals surface area contributed by atoms with Gasteiger partial charge in [-0.3, -0.25) is 9.59 Å². The summed E-state index contributed by atoms with van der Waals surface area (Å²) in [5.74, 6) is 0.361. The number of amides is 2. The number of hydrogen-bond acceptors (Lipinski definition) is 5. The molecule has 1 aliphatic heterocycles. The van der Waals surface area contributed by atoms with Gasteiger partial charge in [-0.15, -0.1) is 0 Å². The predicted octanol–water partition coefficient (Wildman–Crippen LogP) is 2.13. The molecule has 0 saturated carbocycles. The van der Waals surface area contributed by atoms with E-state index in [1.54, 1.807) is 30.3 Å². The lowest BCUT2D eigenvalue weighted by Crippen LogP contribution is -2.37. The van der Waals surface area contributed by atoms with Crippen LogP contribution in [0.25, 0.3) is 0 Å². The van der Waals surface area contributed by atoms with Gasteiger partial charge in [0.2, 0.25) is 5.91 Å². The summed E-state index contributed by atoms with van der Waals surface area (Å²) < 4.78 is 5.34. The van der Waals surface area contributed by atoms with Gasteiger partial charge in [-0.05, 0) is 36.4 Å². The maximum Gasteiger partial charge on any atom is 0.274 e. The van der Waals surface area contributed by atoms with Crippen LogP contribution in [0.5, 0.6) is 0 Å². The van der Waals surface area contributed by atoms with Gasteiger partial charge >= 0.3 is 0 Å². The van der Waals surface area contributed by atoms with Crippen LogP contribution in [0.15, 0.2) is 42.5 Å². The van der Waals surface area contributed by atoms with Crippen LogP contribution in [-0.4, -0.2) is 43.1 Å². The van der Waals surface area contributed by atoms with Crippen molar-refractivity contribution >= 4 is 29.0 Å². The molecule has 0 unspecified atom stereocenters. The highest BCUT2D eigenvalue weighted by atomic mass is 16.5. The Morgan fingerprint density at radius 2 is 1.64 bits per heavy atom. The Bertz CT molecular complexity index is 755. The average Bonchev–Trinajstić information content (AvgIpc) is 2.64. The van der Waals surface area contributed by atoms with Crippen molar-refractivity contribution < 1.29 is 14.3 Å². The first-order chi connectivity index (χ1) is 12.1. The standard InChI is InChI=1S/C18H20N4O3/c1-13(23)19-14-5-7-15(8-6-14)20-18(24)16-3-2-4-17(21-16)22-9-11-25-12-10-22/h2-8H,9-12H2,1H3,(H,19,23)(H,20,24). The third-order valence-corrected chi connectivity index (χ3v) is 3.77. The zero-order valence-corrected chi connectivity index (χ0v) is 14.0. The Morgan fingerprint density at radius 3 is 2.28 bits per heavy atom. The molecule has 1 aliphatic rings. The SMILES string of the molecule is CC(=O)Nc1ccc(NC(=O)c2cccc(N3CCOCC3)n2)cc1. The second-order valence-electron chi connectivity index (χ2n) is 5.69. The lowest BCUT2D eigenvalue weighted by molar-refractivity contribution is -0.114. The van der Waals surface area contributed by atoms with Crippen molar-refractivity contribution in [3.8, 4) is 0 Å². The summed E-state index contributed by atoms with van der Waals surface area (Å²) in [5.41, 5.74) is 1.67. The van der Waals surface area contributed by atoms with Crippen molar-refractivity contribution in [3.05, 3.63) is 48.2 Å². The fraction of sp³-hybridized carbons (Fsp3) is 0.278. The minimum absolute atomic E-state index is 0.138. The van der Waals surface area contributed by atoms with E-state index in [1.165, 1.54) is 6.92 Å². The summed E-state index contributed by atoms with van der Waals surface area (Å²) in [6.07, 6.45) is 0. The van der Waals surface area contributed by atoms with Gasteiger partial charge in [-0.25, -0.2) is 4.98 Å².